The average molecular weight is 327 g/mol. The van der Waals surface area contributed by atoms with E-state index in [-0.39, 0.29) is 12.0 Å². The maximum absolute atomic E-state index is 12.1. The lowest BCUT2D eigenvalue weighted by atomic mass is 10.2. The molecule has 2 aliphatic heterocycles. The Balaban J connectivity index is 1.56. The third-order valence-electron chi connectivity index (χ3n) is 4.18. The number of cyclic esters (lactones) is 1. The summed E-state index contributed by atoms with van der Waals surface area (Å²) >= 11 is 0. The number of nitrogens with zero attached hydrogens (tertiary/aromatic N) is 2. The molecule has 24 heavy (non-hydrogen) atoms. The number of hydrogen-bond donors (Lipinski definition) is 1. The van der Waals surface area contributed by atoms with E-state index in [4.69, 9.17) is 9.47 Å². The number of ether oxygens (including phenoxy) is 2. The molecule has 1 saturated heterocycles. The Morgan fingerprint density at radius 2 is 2.25 bits per heavy atom. The van der Waals surface area contributed by atoms with Crippen molar-refractivity contribution < 1.29 is 19.1 Å². The molecule has 1 aromatic carbocycles. The van der Waals surface area contributed by atoms with E-state index in [1.165, 1.54) is 6.92 Å². The largest absolute Gasteiger partial charge is 0.485 e. The minimum atomic E-state index is -0.414. The summed E-state index contributed by atoms with van der Waals surface area (Å²) in [5.41, 5.74) is 2.76. The quantitative estimate of drug-likeness (QED) is 0.933. The van der Waals surface area contributed by atoms with E-state index in [2.05, 4.69) is 9.88 Å². The highest BCUT2D eigenvalue weighted by molar-refractivity contribution is 5.90. The van der Waals surface area contributed by atoms with Crippen LogP contribution in [0.15, 0.2) is 36.5 Å². The fourth-order valence-electron chi connectivity index (χ4n) is 3.00. The first-order valence-electron chi connectivity index (χ1n) is 7.78. The lowest BCUT2D eigenvalue weighted by Gasteiger charge is -2.22. The summed E-state index contributed by atoms with van der Waals surface area (Å²) in [6, 6.07) is 9.65. The van der Waals surface area contributed by atoms with Gasteiger partial charge in [-0.1, -0.05) is 0 Å². The zero-order chi connectivity index (χ0) is 16.7. The van der Waals surface area contributed by atoms with Gasteiger partial charge in [-0.3, -0.25) is 9.69 Å². The van der Waals surface area contributed by atoms with Crippen molar-refractivity contribution in [2.24, 2.45) is 0 Å². The average Bonchev–Trinajstić information content (AvgIpc) is 3.18. The maximum atomic E-state index is 12.1. The van der Waals surface area contributed by atoms with Crippen molar-refractivity contribution >= 4 is 17.7 Å². The SMILES string of the molecule is CC(=O)NC[C@H]1CN(c2ccc3c(c2)OCc2cccn2-3)C(=O)O1. The molecule has 0 unspecified atom stereocenters. The predicted octanol–water partition coefficient (Wildman–Crippen LogP) is 1.83. The van der Waals surface area contributed by atoms with Gasteiger partial charge >= 0.3 is 6.09 Å². The van der Waals surface area contributed by atoms with E-state index in [9.17, 15) is 9.59 Å². The molecule has 1 atom stereocenters. The summed E-state index contributed by atoms with van der Waals surface area (Å²) in [4.78, 5) is 24.6. The molecular weight excluding hydrogens is 310 g/mol. The van der Waals surface area contributed by atoms with E-state index < -0.39 is 6.09 Å². The first kappa shape index (κ1) is 14.6. The normalized spacial score (nSPS) is 18.5. The molecule has 3 heterocycles. The fraction of sp³-hybridized carbons (Fsp3) is 0.294. The van der Waals surface area contributed by atoms with Gasteiger partial charge in [0.2, 0.25) is 5.91 Å². The molecule has 2 amide bonds. The van der Waals surface area contributed by atoms with Crippen molar-refractivity contribution in [1.29, 1.82) is 0 Å². The standard InChI is InChI=1S/C17H17N3O4/c1-11(21)18-8-14-9-20(17(22)24-14)12-4-5-15-16(7-12)23-10-13-3-2-6-19(13)15/h2-7,14H,8-10H2,1H3,(H,18,21)/t14-/m0/s1. The number of carbonyl (C=O) groups is 2. The zero-order valence-corrected chi connectivity index (χ0v) is 13.2. The van der Waals surface area contributed by atoms with Crippen LogP contribution < -0.4 is 15.0 Å². The summed E-state index contributed by atoms with van der Waals surface area (Å²) in [5, 5.41) is 2.67. The number of rotatable bonds is 3. The summed E-state index contributed by atoms with van der Waals surface area (Å²) < 4.78 is 13.2. The van der Waals surface area contributed by atoms with Gasteiger partial charge in [-0.05, 0) is 24.3 Å². The molecule has 1 fully saturated rings. The maximum Gasteiger partial charge on any atom is 0.414 e. The predicted molar refractivity (Wildman–Crippen MR) is 86.4 cm³/mol. The summed E-state index contributed by atoms with van der Waals surface area (Å²) in [6.07, 6.45) is 1.22. The number of fused-ring (bicyclic) bond motifs is 3. The lowest BCUT2D eigenvalue weighted by molar-refractivity contribution is -0.119. The van der Waals surface area contributed by atoms with Crippen LogP contribution in [0, 0.1) is 0 Å². The second kappa shape index (κ2) is 5.59. The minimum Gasteiger partial charge on any atom is -0.485 e. The van der Waals surface area contributed by atoms with Crippen LogP contribution in [0.2, 0.25) is 0 Å². The van der Waals surface area contributed by atoms with Crippen molar-refractivity contribution in [3.63, 3.8) is 0 Å². The van der Waals surface area contributed by atoms with E-state index in [0.717, 1.165) is 22.8 Å². The molecule has 0 radical (unpaired) electrons. The first-order valence-corrected chi connectivity index (χ1v) is 7.78. The first-order chi connectivity index (χ1) is 11.6. The van der Waals surface area contributed by atoms with Gasteiger partial charge in [0.1, 0.15) is 18.5 Å². The summed E-state index contributed by atoms with van der Waals surface area (Å²) in [5.74, 6) is 0.587. The number of amides is 2. The Bertz CT molecular complexity index is 814. The van der Waals surface area contributed by atoms with Gasteiger partial charge < -0.3 is 19.4 Å². The fourth-order valence-corrected chi connectivity index (χ4v) is 3.00. The molecule has 7 heteroatoms. The molecule has 0 spiro atoms. The highest BCUT2D eigenvalue weighted by atomic mass is 16.6. The van der Waals surface area contributed by atoms with Crippen LogP contribution in [-0.2, 0) is 16.1 Å². The molecule has 2 aromatic rings. The molecular formula is C17H17N3O4. The molecule has 0 saturated carbocycles. The van der Waals surface area contributed by atoms with E-state index >= 15 is 0 Å². The molecule has 7 nitrogen and oxygen atoms in total. The smallest absolute Gasteiger partial charge is 0.414 e. The monoisotopic (exact) mass is 327 g/mol. The molecule has 1 N–H and O–H groups in total. The van der Waals surface area contributed by atoms with Crippen LogP contribution >= 0.6 is 0 Å². The Morgan fingerprint density at radius 3 is 3.08 bits per heavy atom. The number of benzene rings is 1. The van der Waals surface area contributed by atoms with Crippen molar-refractivity contribution in [1.82, 2.24) is 9.88 Å². The molecule has 124 valence electrons. The van der Waals surface area contributed by atoms with Gasteiger partial charge in [-0.2, -0.15) is 0 Å². The molecule has 1 aromatic heterocycles. The highest BCUT2D eigenvalue weighted by Gasteiger charge is 2.33. The number of carbonyl (C=O) groups excluding carboxylic acids is 2. The van der Waals surface area contributed by atoms with E-state index in [1.54, 1.807) is 4.90 Å². The molecule has 2 aliphatic rings. The van der Waals surface area contributed by atoms with Crippen molar-refractivity contribution in [2.45, 2.75) is 19.6 Å². The van der Waals surface area contributed by atoms with Crippen molar-refractivity contribution in [2.75, 3.05) is 18.0 Å². The van der Waals surface area contributed by atoms with Crippen LogP contribution in [0.1, 0.15) is 12.6 Å². The molecule has 4 rings (SSSR count). The number of anilines is 1. The van der Waals surface area contributed by atoms with Gasteiger partial charge in [0, 0.05) is 19.2 Å². The third kappa shape index (κ3) is 2.47. The Labute approximate surface area is 138 Å². The molecule has 0 bridgehead atoms. The summed E-state index contributed by atoms with van der Waals surface area (Å²) in [6.45, 7) is 2.64. The highest BCUT2D eigenvalue weighted by Crippen LogP contribution is 2.34. The third-order valence-corrected chi connectivity index (χ3v) is 4.18. The Morgan fingerprint density at radius 1 is 1.38 bits per heavy atom. The second-order valence-electron chi connectivity index (χ2n) is 5.86. The lowest BCUT2D eigenvalue weighted by Crippen LogP contribution is -2.33. The van der Waals surface area contributed by atoms with Crippen LogP contribution in [0.3, 0.4) is 0 Å². The van der Waals surface area contributed by atoms with Crippen LogP contribution in [0.25, 0.3) is 5.69 Å². The van der Waals surface area contributed by atoms with Gasteiger partial charge in [0.25, 0.3) is 0 Å². The van der Waals surface area contributed by atoms with Gasteiger partial charge in [-0.25, -0.2) is 4.79 Å². The number of hydrogen-bond acceptors (Lipinski definition) is 4. The van der Waals surface area contributed by atoms with Crippen molar-refractivity contribution in [3.05, 3.63) is 42.2 Å². The minimum absolute atomic E-state index is 0.144. The zero-order valence-electron chi connectivity index (χ0n) is 13.2. The number of nitrogens with one attached hydrogen (secondary N) is 1. The second-order valence-corrected chi connectivity index (χ2v) is 5.86. The topological polar surface area (TPSA) is 72.8 Å². The van der Waals surface area contributed by atoms with Crippen molar-refractivity contribution in [3.8, 4) is 11.4 Å². The van der Waals surface area contributed by atoms with Crippen LogP contribution in [-0.4, -0.2) is 35.8 Å². The van der Waals surface area contributed by atoms with Crippen LogP contribution in [0.5, 0.6) is 5.75 Å². The summed E-state index contributed by atoms with van der Waals surface area (Å²) in [7, 11) is 0. The van der Waals surface area contributed by atoms with E-state index in [1.807, 2.05) is 36.5 Å². The van der Waals surface area contributed by atoms with Crippen LogP contribution in [0.4, 0.5) is 10.5 Å². The molecule has 0 aliphatic carbocycles. The van der Waals surface area contributed by atoms with E-state index in [0.29, 0.717) is 19.7 Å². The Hall–Kier alpha value is -2.96. The van der Waals surface area contributed by atoms with Gasteiger partial charge in [0.15, 0.2) is 0 Å². The number of aromatic nitrogens is 1. The van der Waals surface area contributed by atoms with Gasteiger partial charge in [-0.15, -0.1) is 0 Å². The Kier molecular flexibility index (Phi) is 3.41. The van der Waals surface area contributed by atoms with Gasteiger partial charge in [0.05, 0.1) is 30.2 Å².